The van der Waals surface area contributed by atoms with Gasteiger partial charge in [0.2, 0.25) is 21.8 Å². The Hall–Kier alpha value is -3.60. The third-order valence-electron chi connectivity index (χ3n) is 5.66. The van der Waals surface area contributed by atoms with E-state index in [1.165, 1.54) is 29.2 Å². The first-order valence-electron chi connectivity index (χ1n) is 11.7. The lowest BCUT2D eigenvalue weighted by Crippen LogP contribution is -2.48. The van der Waals surface area contributed by atoms with E-state index in [0.29, 0.717) is 16.7 Å². The molecule has 37 heavy (non-hydrogen) atoms. The average Bonchev–Trinajstić information content (AvgIpc) is 2.88. The molecule has 0 spiro atoms. The Morgan fingerprint density at radius 1 is 0.892 bits per heavy atom. The van der Waals surface area contributed by atoms with Crippen LogP contribution < -0.4 is 5.32 Å². The number of carbonyl (C=O) groups excluding carboxylic acids is 2. The van der Waals surface area contributed by atoms with E-state index in [-0.39, 0.29) is 26.2 Å². The van der Waals surface area contributed by atoms with Crippen LogP contribution in [0, 0.1) is 5.82 Å². The maximum Gasteiger partial charge on any atom is 0.247 e. The topological polar surface area (TPSA) is 107 Å². The van der Waals surface area contributed by atoms with Crippen LogP contribution in [0.3, 0.4) is 0 Å². The maximum atomic E-state index is 13.8. The highest BCUT2D eigenvalue weighted by atomic mass is 32.2. The Bertz CT molecular complexity index is 1270. The smallest absolute Gasteiger partial charge is 0.247 e. The standard InChI is InChI=1S/C27H30FN3O5S/c1-37(35,36)30(18-21-8-4-2-5-9-21)20-25(33)31(19-22-12-14-24(28)15-13-22)26(27(34)29-16-17-32)23-10-6-3-7-11-23/h2-15,26,32H,16-20H2,1H3,(H,29,34)/t26-/m0/s1. The van der Waals surface area contributed by atoms with Crippen LogP contribution in [0.5, 0.6) is 0 Å². The third-order valence-corrected chi connectivity index (χ3v) is 6.85. The molecule has 3 aromatic rings. The van der Waals surface area contributed by atoms with Crippen LogP contribution in [0.15, 0.2) is 84.9 Å². The Kier molecular flexibility index (Phi) is 9.90. The second kappa shape index (κ2) is 13.1. The summed E-state index contributed by atoms with van der Waals surface area (Å²) in [5.74, 6) is -1.60. The summed E-state index contributed by atoms with van der Waals surface area (Å²) >= 11 is 0. The number of aliphatic hydroxyl groups excluding tert-OH is 1. The highest BCUT2D eigenvalue weighted by Gasteiger charge is 2.33. The molecule has 0 unspecified atom stereocenters. The minimum Gasteiger partial charge on any atom is -0.395 e. The van der Waals surface area contributed by atoms with Gasteiger partial charge in [-0.15, -0.1) is 0 Å². The van der Waals surface area contributed by atoms with Gasteiger partial charge >= 0.3 is 0 Å². The molecular weight excluding hydrogens is 497 g/mol. The maximum absolute atomic E-state index is 13.8. The first-order chi connectivity index (χ1) is 17.7. The summed E-state index contributed by atoms with van der Waals surface area (Å²) in [4.78, 5) is 28.3. The van der Waals surface area contributed by atoms with E-state index in [4.69, 9.17) is 0 Å². The number of nitrogens with one attached hydrogen (secondary N) is 1. The van der Waals surface area contributed by atoms with Crippen molar-refractivity contribution >= 4 is 21.8 Å². The van der Waals surface area contributed by atoms with Gasteiger partial charge < -0.3 is 15.3 Å². The minimum absolute atomic E-state index is 0.0236. The monoisotopic (exact) mass is 527 g/mol. The van der Waals surface area contributed by atoms with Crippen LogP contribution in [0.25, 0.3) is 0 Å². The Labute approximate surface area is 216 Å². The average molecular weight is 528 g/mol. The second-order valence-electron chi connectivity index (χ2n) is 8.49. The minimum atomic E-state index is -3.79. The number of aliphatic hydroxyl groups is 1. The first kappa shape index (κ1) is 28.0. The SMILES string of the molecule is CS(=O)(=O)N(CC(=O)N(Cc1ccc(F)cc1)[C@H](C(=O)NCCO)c1ccccc1)Cc1ccccc1. The predicted octanol–water partition coefficient (Wildman–Crippen LogP) is 2.47. The van der Waals surface area contributed by atoms with Crippen LogP contribution in [-0.4, -0.2) is 60.5 Å². The van der Waals surface area contributed by atoms with Crippen molar-refractivity contribution in [2.75, 3.05) is 26.0 Å². The van der Waals surface area contributed by atoms with Crippen molar-refractivity contribution in [3.63, 3.8) is 0 Å². The lowest BCUT2D eigenvalue weighted by Gasteiger charge is -2.33. The second-order valence-corrected chi connectivity index (χ2v) is 10.5. The summed E-state index contributed by atoms with van der Waals surface area (Å²) in [6, 6.07) is 21.8. The van der Waals surface area contributed by atoms with E-state index in [1.54, 1.807) is 60.7 Å². The summed E-state index contributed by atoms with van der Waals surface area (Å²) in [6.07, 6.45) is 1.02. The molecule has 0 aliphatic heterocycles. The van der Waals surface area contributed by atoms with Crippen molar-refractivity contribution in [1.29, 1.82) is 0 Å². The van der Waals surface area contributed by atoms with Crippen LogP contribution in [0.1, 0.15) is 22.7 Å². The van der Waals surface area contributed by atoms with Gasteiger partial charge in [0.15, 0.2) is 0 Å². The molecule has 2 N–H and O–H groups in total. The van der Waals surface area contributed by atoms with Crippen LogP contribution in [-0.2, 0) is 32.7 Å². The van der Waals surface area contributed by atoms with Gasteiger partial charge in [0.05, 0.1) is 19.4 Å². The largest absolute Gasteiger partial charge is 0.395 e. The molecule has 2 amide bonds. The number of rotatable bonds is 12. The first-order valence-corrected chi connectivity index (χ1v) is 13.5. The number of sulfonamides is 1. The molecule has 8 nitrogen and oxygen atoms in total. The molecule has 0 radical (unpaired) electrons. The van der Waals surface area contributed by atoms with Crippen molar-refractivity contribution in [2.24, 2.45) is 0 Å². The quantitative estimate of drug-likeness (QED) is 0.376. The molecule has 3 aromatic carbocycles. The number of amides is 2. The summed E-state index contributed by atoms with van der Waals surface area (Å²) in [7, 11) is -3.79. The molecular formula is C27H30FN3O5S. The Balaban J connectivity index is 2.00. The fraction of sp³-hybridized carbons (Fsp3) is 0.259. The lowest BCUT2D eigenvalue weighted by molar-refractivity contribution is -0.141. The van der Waals surface area contributed by atoms with Crippen molar-refractivity contribution in [3.8, 4) is 0 Å². The Morgan fingerprint density at radius 2 is 1.46 bits per heavy atom. The normalized spacial score (nSPS) is 12.2. The van der Waals surface area contributed by atoms with Gasteiger partial charge in [0.25, 0.3) is 0 Å². The zero-order valence-corrected chi connectivity index (χ0v) is 21.3. The molecule has 0 saturated heterocycles. The number of hydrogen-bond donors (Lipinski definition) is 2. The summed E-state index contributed by atoms with van der Waals surface area (Å²) in [5, 5.41) is 11.8. The molecule has 1 atom stereocenters. The zero-order valence-electron chi connectivity index (χ0n) is 20.5. The van der Waals surface area contributed by atoms with Crippen molar-refractivity contribution in [3.05, 3.63) is 107 Å². The Morgan fingerprint density at radius 3 is 2.03 bits per heavy atom. The van der Waals surface area contributed by atoms with Crippen molar-refractivity contribution in [2.45, 2.75) is 19.1 Å². The van der Waals surface area contributed by atoms with Gasteiger partial charge in [-0.25, -0.2) is 12.8 Å². The molecule has 0 aliphatic carbocycles. The van der Waals surface area contributed by atoms with Gasteiger partial charge in [0, 0.05) is 19.6 Å². The highest BCUT2D eigenvalue weighted by Crippen LogP contribution is 2.25. The fourth-order valence-corrected chi connectivity index (χ4v) is 4.54. The van der Waals surface area contributed by atoms with E-state index >= 15 is 0 Å². The summed E-state index contributed by atoms with van der Waals surface area (Å²) in [6.45, 7) is -0.926. The third kappa shape index (κ3) is 8.21. The molecule has 0 bridgehead atoms. The van der Waals surface area contributed by atoms with Gasteiger partial charge in [-0.3, -0.25) is 9.59 Å². The summed E-state index contributed by atoms with van der Waals surface area (Å²) in [5.41, 5.74) is 1.76. The number of nitrogens with zero attached hydrogens (tertiary/aromatic N) is 2. The zero-order chi connectivity index (χ0) is 26.8. The van der Waals surface area contributed by atoms with E-state index in [2.05, 4.69) is 5.32 Å². The molecule has 0 saturated carbocycles. The van der Waals surface area contributed by atoms with E-state index in [9.17, 15) is 27.5 Å². The molecule has 196 valence electrons. The van der Waals surface area contributed by atoms with Gasteiger partial charge in [-0.05, 0) is 28.8 Å². The number of halogens is 1. The predicted molar refractivity (Wildman–Crippen MR) is 138 cm³/mol. The van der Waals surface area contributed by atoms with Crippen LogP contribution in [0.4, 0.5) is 4.39 Å². The molecule has 0 aromatic heterocycles. The molecule has 0 heterocycles. The lowest BCUT2D eigenvalue weighted by atomic mass is 10.0. The van der Waals surface area contributed by atoms with E-state index < -0.39 is 40.2 Å². The van der Waals surface area contributed by atoms with Gasteiger partial charge in [-0.1, -0.05) is 72.8 Å². The fourth-order valence-electron chi connectivity index (χ4n) is 3.81. The van der Waals surface area contributed by atoms with E-state index in [1.807, 2.05) is 0 Å². The molecule has 10 heteroatoms. The molecule has 0 fully saturated rings. The highest BCUT2D eigenvalue weighted by molar-refractivity contribution is 7.88. The van der Waals surface area contributed by atoms with Crippen molar-refractivity contribution < 1.29 is 27.5 Å². The van der Waals surface area contributed by atoms with Gasteiger partial charge in [-0.2, -0.15) is 4.31 Å². The number of benzene rings is 3. The van der Waals surface area contributed by atoms with Gasteiger partial charge in [0.1, 0.15) is 11.9 Å². The molecule has 0 aliphatic rings. The molecule has 3 rings (SSSR count). The summed E-state index contributed by atoms with van der Waals surface area (Å²) < 4.78 is 39.8. The van der Waals surface area contributed by atoms with E-state index in [0.717, 1.165) is 10.6 Å². The van der Waals surface area contributed by atoms with Crippen LogP contribution >= 0.6 is 0 Å². The number of hydrogen-bond acceptors (Lipinski definition) is 5. The van der Waals surface area contributed by atoms with Crippen molar-refractivity contribution in [1.82, 2.24) is 14.5 Å². The number of carbonyl (C=O) groups is 2. The van der Waals surface area contributed by atoms with Crippen LogP contribution in [0.2, 0.25) is 0 Å².